The van der Waals surface area contributed by atoms with E-state index in [2.05, 4.69) is 17.1 Å². The van der Waals surface area contributed by atoms with Crippen molar-refractivity contribution in [2.24, 2.45) is 12.8 Å². The number of rotatable bonds is 7. The number of aromatic nitrogens is 3. The highest BCUT2D eigenvalue weighted by Crippen LogP contribution is 2.23. The molecule has 0 bridgehead atoms. The van der Waals surface area contributed by atoms with E-state index >= 15 is 0 Å². The average molecular weight is 306 g/mol. The van der Waals surface area contributed by atoms with E-state index in [1.165, 1.54) is 0 Å². The van der Waals surface area contributed by atoms with Gasteiger partial charge in [0.2, 0.25) is 0 Å². The molecule has 6 heteroatoms. The van der Waals surface area contributed by atoms with Crippen LogP contribution in [0.1, 0.15) is 30.8 Å². The van der Waals surface area contributed by atoms with Crippen LogP contribution in [0.3, 0.4) is 0 Å². The van der Waals surface area contributed by atoms with Gasteiger partial charge < -0.3 is 15.0 Å². The van der Waals surface area contributed by atoms with Gasteiger partial charge in [0, 0.05) is 18.8 Å². The smallest absolute Gasteiger partial charge is 0.191 e. The maximum absolute atomic E-state index is 6.23. The Morgan fingerprint density at radius 2 is 2.00 bits per heavy atom. The fraction of sp³-hybridized carbons (Fsp3) is 0.467. The fourth-order valence-electron chi connectivity index (χ4n) is 1.81. The van der Waals surface area contributed by atoms with Crippen LogP contribution in [0.2, 0.25) is 0 Å². The Kier molecular flexibility index (Phi) is 5.64. The average Bonchev–Trinajstić information content (AvgIpc) is 2.83. The molecule has 0 aliphatic rings. The number of benzene rings is 1. The summed E-state index contributed by atoms with van der Waals surface area (Å²) in [6.45, 7) is 4.77. The monoisotopic (exact) mass is 306 g/mol. The molecule has 0 aliphatic heterocycles. The van der Waals surface area contributed by atoms with Crippen LogP contribution in [0, 0.1) is 6.92 Å². The molecule has 0 saturated carbocycles. The van der Waals surface area contributed by atoms with Gasteiger partial charge >= 0.3 is 0 Å². The number of nitrogens with two attached hydrogens (primary N) is 1. The van der Waals surface area contributed by atoms with Crippen molar-refractivity contribution >= 4 is 11.8 Å². The van der Waals surface area contributed by atoms with E-state index in [-0.39, 0.29) is 6.04 Å². The first-order valence-corrected chi connectivity index (χ1v) is 8.07. The first-order chi connectivity index (χ1) is 10.1. The summed E-state index contributed by atoms with van der Waals surface area (Å²) in [5, 5.41) is 9.07. The van der Waals surface area contributed by atoms with Crippen molar-refractivity contribution in [3.63, 3.8) is 0 Å². The highest BCUT2D eigenvalue weighted by Gasteiger charge is 2.11. The minimum Gasteiger partial charge on any atom is -0.494 e. The van der Waals surface area contributed by atoms with Gasteiger partial charge in [-0.2, -0.15) is 0 Å². The molecule has 114 valence electrons. The molecule has 1 aromatic carbocycles. The molecule has 2 N–H and O–H groups in total. The van der Waals surface area contributed by atoms with Gasteiger partial charge in [-0.1, -0.05) is 30.8 Å². The topological polar surface area (TPSA) is 66.0 Å². The lowest BCUT2D eigenvalue weighted by Crippen LogP contribution is -2.13. The third kappa shape index (κ3) is 4.22. The lowest BCUT2D eigenvalue weighted by atomic mass is 10.1. The van der Waals surface area contributed by atoms with Crippen LogP contribution in [-0.2, 0) is 7.05 Å². The summed E-state index contributed by atoms with van der Waals surface area (Å²) in [6, 6.07) is 7.97. The van der Waals surface area contributed by atoms with Gasteiger partial charge in [0.05, 0.1) is 6.61 Å². The quantitative estimate of drug-likeness (QED) is 0.797. The molecule has 1 heterocycles. The van der Waals surface area contributed by atoms with Crippen LogP contribution < -0.4 is 10.5 Å². The molecule has 21 heavy (non-hydrogen) atoms. The van der Waals surface area contributed by atoms with Gasteiger partial charge in [-0.25, -0.2) is 0 Å². The summed E-state index contributed by atoms with van der Waals surface area (Å²) < 4.78 is 7.54. The van der Waals surface area contributed by atoms with E-state index in [1.807, 2.05) is 42.8 Å². The summed E-state index contributed by atoms with van der Waals surface area (Å²) in [5.74, 6) is 2.56. The zero-order chi connectivity index (χ0) is 15.2. The van der Waals surface area contributed by atoms with Crippen LogP contribution in [0.15, 0.2) is 29.4 Å². The normalized spacial score (nSPS) is 12.4. The second kappa shape index (κ2) is 7.47. The van der Waals surface area contributed by atoms with Gasteiger partial charge in [0.15, 0.2) is 5.16 Å². The lowest BCUT2D eigenvalue weighted by molar-refractivity contribution is 0.317. The molecule has 5 nitrogen and oxygen atoms in total. The molecule has 0 aliphatic carbocycles. The van der Waals surface area contributed by atoms with Crippen LogP contribution in [0.4, 0.5) is 0 Å². The Bertz CT molecular complexity index is 568. The van der Waals surface area contributed by atoms with Crippen LogP contribution in [0.25, 0.3) is 0 Å². The van der Waals surface area contributed by atoms with Crippen molar-refractivity contribution < 1.29 is 4.74 Å². The molecule has 0 spiro atoms. The maximum atomic E-state index is 6.23. The van der Waals surface area contributed by atoms with Gasteiger partial charge in [-0.3, -0.25) is 0 Å². The molecular formula is C15H22N4OS. The summed E-state index contributed by atoms with van der Waals surface area (Å²) in [5.41, 5.74) is 7.33. The third-order valence-corrected chi connectivity index (χ3v) is 4.37. The van der Waals surface area contributed by atoms with Gasteiger partial charge in [-0.15, -0.1) is 10.2 Å². The second-order valence-corrected chi connectivity index (χ2v) is 5.91. The van der Waals surface area contributed by atoms with E-state index in [4.69, 9.17) is 10.5 Å². The number of nitrogens with zero attached hydrogens (tertiary/aromatic N) is 3. The van der Waals surface area contributed by atoms with Gasteiger partial charge in [0.25, 0.3) is 0 Å². The number of hydrogen-bond acceptors (Lipinski definition) is 5. The van der Waals surface area contributed by atoms with E-state index in [0.717, 1.165) is 41.1 Å². The lowest BCUT2D eigenvalue weighted by Gasteiger charge is -2.12. The molecule has 1 aromatic heterocycles. The molecule has 0 amide bonds. The van der Waals surface area contributed by atoms with Crippen LogP contribution >= 0.6 is 11.8 Å². The Balaban J connectivity index is 1.90. The summed E-state index contributed by atoms with van der Waals surface area (Å²) in [4.78, 5) is 0. The molecular weight excluding hydrogens is 284 g/mol. The van der Waals surface area contributed by atoms with Crippen molar-refractivity contribution in [2.45, 2.75) is 31.5 Å². The van der Waals surface area contributed by atoms with E-state index in [1.54, 1.807) is 11.8 Å². The summed E-state index contributed by atoms with van der Waals surface area (Å²) >= 11 is 1.62. The summed E-state index contributed by atoms with van der Waals surface area (Å²) in [6.07, 6.45) is 1.01. The SMILES string of the molecule is CCCOc1ccc(C(N)CSc2nnc(C)n2C)cc1. The van der Waals surface area contributed by atoms with Crippen molar-refractivity contribution in [2.75, 3.05) is 12.4 Å². The predicted octanol–water partition coefficient (Wildman–Crippen LogP) is 2.70. The standard InChI is InChI=1S/C15H22N4OS/c1-4-9-20-13-7-5-12(6-8-13)14(16)10-21-15-18-17-11(2)19(15)3/h5-8,14H,4,9-10,16H2,1-3H3. The molecule has 0 radical (unpaired) electrons. The zero-order valence-corrected chi connectivity index (χ0v) is 13.6. The van der Waals surface area contributed by atoms with Gasteiger partial charge in [-0.05, 0) is 31.0 Å². The Hall–Kier alpha value is -1.53. The van der Waals surface area contributed by atoms with E-state index in [9.17, 15) is 0 Å². The molecule has 2 rings (SSSR count). The largest absolute Gasteiger partial charge is 0.494 e. The Labute approximate surface area is 129 Å². The Morgan fingerprint density at radius 3 is 2.57 bits per heavy atom. The highest BCUT2D eigenvalue weighted by atomic mass is 32.2. The minimum atomic E-state index is -0.0350. The molecule has 1 unspecified atom stereocenters. The zero-order valence-electron chi connectivity index (χ0n) is 12.7. The van der Waals surface area contributed by atoms with Crippen molar-refractivity contribution in [3.8, 4) is 5.75 Å². The van der Waals surface area contributed by atoms with Crippen molar-refractivity contribution in [1.29, 1.82) is 0 Å². The summed E-state index contributed by atoms with van der Waals surface area (Å²) in [7, 11) is 1.96. The molecule has 0 fully saturated rings. The van der Waals surface area contributed by atoms with Crippen LogP contribution in [-0.4, -0.2) is 27.1 Å². The third-order valence-electron chi connectivity index (χ3n) is 3.23. The van der Waals surface area contributed by atoms with E-state index < -0.39 is 0 Å². The number of aryl methyl sites for hydroxylation is 1. The minimum absolute atomic E-state index is 0.0350. The molecule has 2 aromatic rings. The second-order valence-electron chi connectivity index (χ2n) is 4.92. The van der Waals surface area contributed by atoms with Gasteiger partial charge in [0.1, 0.15) is 11.6 Å². The predicted molar refractivity (Wildman–Crippen MR) is 85.6 cm³/mol. The Morgan fingerprint density at radius 1 is 1.29 bits per heavy atom. The van der Waals surface area contributed by atoms with Crippen molar-refractivity contribution in [1.82, 2.24) is 14.8 Å². The molecule has 1 atom stereocenters. The first-order valence-electron chi connectivity index (χ1n) is 7.09. The number of hydrogen-bond donors (Lipinski definition) is 1. The van der Waals surface area contributed by atoms with E-state index in [0.29, 0.717) is 0 Å². The number of ether oxygens (including phenoxy) is 1. The fourth-order valence-corrected chi connectivity index (χ4v) is 2.75. The number of thioether (sulfide) groups is 1. The maximum Gasteiger partial charge on any atom is 0.191 e. The first kappa shape index (κ1) is 15.9. The van der Waals surface area contributed by atoms with Crippen LogP contribution in [0.5, 0.6) is 5.75 Å². The highest BCUT2D eigenvalue weighted by molar-refractivity contribution is 7.99. The molecule has 0 saturated heterocycles. The van der Waals surface area contributed by atoms with Crippen molar-refractivity contribution in [3.05, 3.63) is 35.7 Å².